The zero-order valence-electron chi connectivity index (χ0n) is 12.6. The van der Waals surface area contributed by atoms with Gasteiger partial charge >= 0.3 is 5.97 Å². The lowest BCUT2D eigenvalue weighted by molar-refractivity contribution is 0.0698. The second-order valence-corrected chi connectivity index (χ2v) is 5.47. The van der Waals surface area contributed by atoms with Crippen molar-refractivity contribution in [3.8, 4) is 0 Å². The normalized spacial score (nSPS) is 11.2. The molecule has 3 heteroatoms. The Balaban J connectivity index is 2.68. The summed E-state index contributed by atoms with van der Waals surface area (Å²) in [5, 5.41) is 10.6. The number of aromatic nitrogens is 1. The second kappa shape index (κ2) is 6.12. The molecule has 108 valence electrons. The third kappa shape index (κ3) is 2.72. The number of fused-ring (bicyclic) bond motifs is 1. The molecular formula is C17H23NO2. The first-order valence-electron chi connectivity index (χ1n) is 7.44. The van der Waals surface area contributed by atoms with Crippen LogP contribution >= 0.6 is 0 Å². The summed E-state index contributed by atoms with van der Waals surface area (Å²) in [6, 6.07) is 3.90. The lowest BCUT2D eigenvalue weighted by Gasteiger charge is -2.07. The molecule has 2 aromatic rings. The van der Waals surface area contributed by atoms with E-state index in [0.29, 0.717) is 5.56 Å². The standard InChI is InChI=1S/C17H23NO2/c1-4-6-8-18-11-13(7-5-2)14-9-12(3)10-15(16(14)18)17(19)20/h9-11H,4-8H2,1-3H3,(H,19,20). The fraction of sp³-hybridized carbons (Fsp3) is 0.471. The number of hydrogen-bond acceptors (Lipinski definition) is 1. The van der Waals surface area contributed by atoms with Crippen LogP contribution in [0.1, 0.15) is 54.6 Å². The van der Waals surface area contributed by atoms with Crippen LogP contribution in [0.4, 0.5) is 0 Å². The Morgan fingerprint density at radius 1 is 1.25 bits per heavy atom. The van der Waals surface area contributed by atoms with Crippen LogP contribution < -0.4 is 0 Å². The molecule has 1 N–H and O–H groups in total. The summed E-state index contributed by atoms with van der Waals surface area (Å²) in [5.41, 5.74) is 3.60. The molecule has 0 aliphatic carbocycles. The molecule has 1 heterocycles. The Morgan fingerprint density at radius 3 is 2.60 bits per heavy atom. The number of aryl methyl sites for hydroxylation is 3. The first kappa shape index (κ1) is 14.6. The van der Waals surface area contributed by atoms with Crippen LogP contribution in [0.2, 0.25) is 0 Å². The van der Waals surface area contributed by atoms with Gasteiger partial charge in [-0.15, -0.1) is 0 Å². The lowest BCUT2D eigenvalue weighted by atomic mass is 10.0. The second-order valence-electron chi connectivity index (χ2n) is 5.47. The van der Waals surface area contributed by atoms with Gasteiger partial charge in [0.05, 0.1) is 11.1 Å². The van der Waals surface area contributed by atoms with Crippen molar-refractivity contribution in [2.75, 3.05) is 0 Å². The lowest BCUT2D eigenvalue weighted by Crippen LogP contribution is -2.03. The number of aromatic carboxylic acids is 1. The molecule has 0 unspecified atom stereocenters. The Morgan fingerprint density at radius 2 is 2.00 bits per heavy atom. The van der Waals surface area contributed by atoms with E-state index in [1.165, 1.54) is 5.56 Å². The highest BCUT2D eigenvalue weighted by atomic mass is 16.4. The summed E-state index contributed by atoms with van der Waals surface area (Å²) in [6.45, 7) is 7.16. The van der Waals surface area contributed by atoms with Crippen molar-refractivity contribution in [2.24, 2.45) is 0 Å². The van der Waals surface area contributed by atoms with Crippen LogP contribution in [0.25, 0.3) is 10.9 Å². The molecule has 1 aromatic heterocycles. The van der Waals surface area contributed by atoms with Gasteiger partial charge in [0.15, 0.2) is 0 Å². The smallest absolute Gasteiger partial charge is 0.337 e. The van der Waals surface area contributed by atoms with Gasteiger partial charge in [0, 0.05) is 18.1 Å². The number of nitrogens with zero attached hydrogens (tertiary/aromatic N) is 1. The van der Waals surface area contributed by atoms with Gasteiger partial charge in [0.25, 0.3) is 0 Å². The van der Waals surface area contributed by atoms with Gasteiger partial charge in [-0.3, -0.25) is 0 Å². The maximum atomic E-state index is 11.5. The van der Waals surface area contributed by atoms with Crippen molar-refractivity contribution in [3.05, 3.63) is 35.0 Å². The maximum Gasteiger partial charge on any atom is 0.337 e. The molecule has 0 atom stereocenters. The SMILES string of the molecule is CCCCn1cc(CCC)c2cc(C)cc(C(=O)O)c21. The molecule has 0 aliphatic heterocycles. The number of benzene rings is 1. The first-order chi connectivity index (χ1) is 9.58. The van der Waals surface area contributed by atoms with Gasteiger partial charge in [-0.25, -0.2) is 4.79 Å². The predicted octanol–water partition coefficient (Wildman–Crippen LogP) is 4.40. The number of carboxylic acids is 1. The van der Waals surface area contributed by atoms with Gasteiger partial charge in [-0.2, -0.15) is 0 Å². The molecule has 20 heavy (non-hydrogen) atoms. The Bertz CT molecular complexity index is 625. The molecule has 0 aliphatic rings. The van der Waals surface area contributed by atoms with Crippen molar-refractivity contribution in [3.63, 3.8) is 0 Å². The maximum absolute atomic E-state index is 11.5. The first-order valence-corrected chi connectivity index (χ1v) is 7.44. The Hall–Kier alpha value is -1.77. The van der Waals surface area contributed by atoms with Gasteiger partial charge < -0.3 is 9.67 Å². The summed E-state index contributed by atoms with van der Waals surface area (Å²) >= 11 is 0. The largest absolute Gasteiger partial charge is 0.478 e. The highest BCUT2D eigenvalue weighted by molar-refractivity contribution is 6.03. The van der Waals surface area contributed by atoms with Crippen molar-refractivity contribution in [1.29, 1.82) is 0 Å². The average Bonchev–Trinajstić information content (AvgIpc) is 2.74. The van der Waals surface area contributed by atoms with E-state index in [1.54, 1.807) is 6.07 Å². The van der Waals surface area contributed by atoms with Crippen molar-refractivity contribution in [2.45, 2.75) is 53.0 Å². The summed E-state index contributed by atoms with van der Waals surface area (Å²) in [5.74, 6) is -0.836. The minimum Gasteiger partial charge on any atom is -0.478 e. The van der Waals surface area contributed by atoms with E-state index >= 15 is 0 Å². The van der Waals surface area contributed by atoms with Crippen LogP contribution in [0.5, 0.6) is 0 Å². The quantitative estimate of drug-likeness (QED) is 0.847. The minimum atomic E-state index is -0.836. The van der Waals surface area contributed by atoms with Crippen LogP contribution in [-0.4, -0.2) is 15.6 Å². The fourth-order valence-corrected chi connectivity index (χ4v) is 2.79. The van der Waals surface area contributed by atoms with E-state index < -0.39 is 5.97 Å². The number of rotatable bonds is 6. The van der Waals surface area contributed by atoms with E-state index in [0.717, 1.165) is 48.7 Å². The minimum absolute atomic E-state index is 0.429. The summed E-state index contributed by atoms with van der Waals surface area (Å²) in [4.78, 5) is 11.5. The molecule has 0 spiro atoms. The van der Waals surface area contributed by atoms with E-state index in [4.69, 9.17) is 0 Å². The highest BCUT2D eigenvalue weighted by Gasteiger charge is 2.16. The van der Waals surface area contributed by atoms with Gasteiger partial charge in [0.1, 0.15) is 0 Å². The molecule has 2 rings (SSSR count). The highest BCUT2D eigenvalue weighted by Crippen LogP contribution is 2.28. The molecule has 0 fully saturated rings. The third-order valence-corrected chi connectivity index (χ3v) is 3.70. The van der Waals surface area contributed by atoms with Crippen molar-refractivity contribution >= 4 is 16.9 Å². The number of carboxylic acid groups (broad SMARTS) is 1. The molecule has 1 aromatic carbocycles. The van der Waals surface area contributed by atoms with Gasteiger partial charge in [0.2, 0.25) is 0 Å². The molecule has 0 radical (unpaired) electrons. The molecule has 0 amide bonds. The topological polar surface area (TPSA) is 42.2 Å². The van der Waals surface area contributed by atoms with E-state index in [-0.39, 0.29) is 0 Å². The predicted molar refractivity (Wildman–Crippen MR) is 82.5 cm³/mol. The monoisotopic (exact) mass is 273 g/mol. The van der Waals surface area contributed by atoms with Gasteiger partial charge in [-0.05, 0) is 43.0 Å². The third-order valence-electron chi connectivity index (χ3n) is 3.70. The summed E-state index contributed by atoms with van der Waals surface area (Å²) in [6.07, 6.45) is 6.40. The molecule has 0 saturated carbocycles. The van der Waals surface area contributed by atoms with E-state index in [2.05, 4.69) is 30.7 Å². The molecule has 0 saturated heterocycles. The van der Waals surface area contributed by atoms with Crippen molar-refractivity contribution < 1.29 is 9.90 Å². The molecule has 0 bridgehead atoms. The summed E-state index contributed by atoms with van der Waals surface area (Å²) < 4.78 is 2.13. The van der Waals surface area contributed by atoms with Gasteiger partial charge in [-0.1, -0.05) is 26.7 Å². The molecular weight excluding hydrogens is 250 g/mol. The van der Waals surface area contributed by atoms with Crippen molar-refractivity contribution in [1.82, 2.24) is 4.57 Å². The zero-order chi connectivity index (χ0) is 14.7. The van der Waals surface area contributed by atoms with Crippen LogP contribution in [0.15, 0.2) is 18.3 Å². The zero-order valence-corrected chi connectivity index (χ0v) is 12.6. The average molecular weight is 273 g/mol. The number of unbranched alkanes of at least 4 members (excludes halogenated alkanes) is 1. The van der Waals surface area contributed by atoms with Crippen LogP contribution in [0.3, 0.4) is 0 Å². The van der Waals surface area contributed by atoms with E-state index in [1.807, 2.05) is 6.92 Å². The van der Waals surface area contributed by atoms with Crippen LogP contribution in [-0.2, 0) is 13.0 Å². The fourth-order valence-electron chi connectivity index (χ4n) is 2.79. The van der Waals surface area contributed by atoms with E-state index in [9.17, 15) is 9.90 Å². The number of carbonyl (C=O) groups is 1. The Kier molecular flexibility index (Phi) is 4.48. The Labute approximate surface area is 120 Å². The summed E-state index contributed by atoms with van der Waals surface area (Å²) in [7, 11) is 0. The number of hydrogen-bond donors (Lipinski definition) is 1. The van der Waals surface area contributed by atoms with Crippen LogP contribution in [0, 0.1) is 6.92 Å². The molecule has 3 nitrogen and oxygen atoms in total.